The molecule has 0 aliphatic carbocycles. The van der Waals surface area contributed by atoms with Gasteiger partial charge in [0.05, 0.1) is 25.7 Å². The maximum Gasteiger partial charge on any atom is 0.309 e. The lowest BCUT2D eigenvalue weighted by molar-refractivity contribution is -0.145. The van der Waals surface area contributed by atoms with Crippen molar-refractivity contribution in [3.05, 3.63) is 65.3 Å². The Balaban J connectivity index is 1.52. The van der Waals surface area contributed by atoms with Crippen molar-refractivity contribution in [3.63, 3.8) is 0 Å². The van der Waals surface area contributed by atoms with Crippen LogP contribution >= 0.6 is 11.6 Å². The van der Waals surface area contributed by atoms with Gasteiger partial charge in [-0.2, -0.15) is 0 Å². The number of para-hydroxylation sites is 3. The molecule has 1 heterocycles. The maximum atomic E-state index is 11.9. The van der Waals surface area contributed by atoms with E-state index in [0.717, 1.165) is 10.9 Å². The minimum atomic E-state index is -0.371. The van der Waals surface area contributed by atoms with Crippen molar-refractivity contribution in [3.8, 4) is 11.5 Å². The van der Waals surface area contributed by atoms with Gasteiger partial charge in [-0.1, -0.05) is 41.9 Å². The van der Waals surface area contributed by atoms with Gasteiger partial charge in [0, 0.05) is 10.9 Å². The van der Waals surface area contributed by atoms with Crippen LogP contribution in [0.1, 0.15) is 12.0 Å². The lowest BCUT2D eigenvalue weighted by Crippen LogP contribution is -2.10. The van der Waals surface area contributed by atoms with Crippen molar-refractivity contribution in [2.24, 2.45) is 0 Å². The summed E-state index contributed by atoms with van der Waals surface area (Å²) in [5.41, 5.74) is 1.47. The Kier molecular flexibility index (Phi) is 5.92. The Morgan fingerprint density at radius 1 is 1.08 bits per heavy atom. The van der Waals surface area contributed by atoms with E-state index in [1.165, 1.54) is 0 Å². The highest BCUT2D eigenvalue weighted by Crippen LogP contribution is 2.26. The summed E-state index contributed by atoms with van der Waals surface area (Å²) in [6, 6.07) is 16.8. The monoisotopic (exact) mass is 371 g/mol. The number of carbonyl (C=O) groups excluding carboxylic acids is 1. The highest BCUT2D eigenvalue weighted by molar-refractivity contribution is 6.30. The summed E-state index contributed by atoms with van der Waals surface area (Å²) < 4.78 is 16.0. The molecule has 0 radical (unpaired) electrons. The second-order valence-corrected chi connectivity index (χ2v) is 5.90. The van der Waals surface area contributed by atoms with Gasteiger partial charge >= 0.3 is 5.97 Å². The van der Waals surface area contributed by atoms with E-state index in [4.69, 9.17) is 25.8 Å². The summed E-state index contributed by atoms with van der Waals surface area (Å²) in [5, 5.41) is 1.28. The number of carbonyl (C=O) groups is 1. The molecule has 0 atom stereocenters. The molecule has 0 unspecified atom stereocenters. The molecule has 0 aliphatic heterocycles. The molecule has 0 N–H and O–H groups in total. The molecule has 0 amide bonds. The van der Waals surface area contributed by atoms with Crippen LogP contribution in [0, 0.1) is 0 Å². The number of halogens is 1. The van der Waals surface area contributed by atoms with E-state index in [1.807, 2.05) is 42.5 Å². The van der Waals surface area contributed by atoms with Crippen LogP contribution < -0.4 is 9.47 Å². The van der Waals surface area contributed by atoms with Gasteiger partial charge in [-0.3, -0.25) is 4.79 Å². The second-order valence-electron chi connectivity index (χ2n) is 5.54. The first-order valence-corrected chi connectivity index (χ1v) is 8.51. The van der Waals surface area contributed by atoms with Crippen molar-refractivity contribution in [2.45, 2.75) is 13.0 Å². The first-order valence-electron chi connectivity index (χ1n) is 8.13. The average Bonchev–Trinajstić information content (AvgIpc) is 2.66. The number of fused-ring (bicyclic) bond motifs is 1. The number of benzene rings is 2. The molecule has 3 rings (SSSR count). The van der Waals surface area contributed by atoms with E-state index in [0.29, 0.717) is 22.2 Å². The molecule has 0 fully saturated rings. The van der Waals surface area contributed by atoms with Gasteiger partial charge in [0.2, 0.25) is 0 Å². The van der Waals surface area contributed by atoms with Crippen LogP contribution in [-0.4, -0.2) is 24.7 Å². The number of rotatable bonds is 7. The van der Waals surface area contributed by atoms with E-state index in [1.54, 1.807) is 19.2 Å². The van der Waals surface area contributed by atoms with Crippen LogP contribution in [-0.2, 0) is 16.1 Å². The van der Waals surface area contributed by atoms with Gasteiger partial charge in [-0.05, 0) is 24.3 Å². The third-order valence-corrected chi connectivity index (χ3v) is 4.10. The van der Waals surface area contributed by atoms with Crippen LogP contribution in [0.15, 0.2) is 54.6 Å². The number of ether oxygens (including phenoxy) is 3. The third-order valence-electron chi connectivity index (χ3n) is 3.77. The summed E-state index contributed by atoms with van der Waals surface area (Å²) in [7, 11) is 1.57. The summed E-state index contributed by atoms with van der Waals surface area (Å²) in [6.45, 7) is 0.271. The molecule has 0 spiro atoms. The molecule has 0 bridgehead atoms. The van der Waals surface area contributed by atoms with Gasteiger partial charge < -0.3 is 14.2 Å². The molecule has 3 aromatic rings. The molecular formula is C20H18ClNO4. The number of pyridine rings is 1. The van der Waals surface area contributed by atoms with E-state index >= 15 is 0 Å². The van der Waals surface area contributed by atoms with E-state index in [9.17, 15) is 4.79 Å². The fourth-order valence-electron chi connectivity index (χ4n) is 2.45. The molecule has 1 aromatic heterocycles. The minimum Gasteiger partial charge on any atom is -0.493 e. The molecule has 26 heavy (non-hydrogen) atoms. The normalized spacial score (nSPS) is 10.5. The van der Waals surface area contributed by atoms with E-state index in [-0.39, 0.29) is 25.6 Å². The van der Waals surface area contributed by atoms with Crippen LogP contribution in [0.4, 0.5) is 0 Å². The SMILES string of the molecule is COc1ccccc1OCCC(=O)OCc1cc2ccccc2nc1Cl. The van der Waals surface area contributed by atoms with Crippen LogP contribution in [0.25, 0.3) is 10.9 Å². The molecule has 0 aliphatic rings. The maximum absolute atomic E-state index is 11.9. The third kappa shape index (κ3) is 4.43. The van der Waals surface area contributed by atoms with Gasteiger partial charge in [-0.25, -0.2) is 4.98 Å². The fourth-order valence-corrected chi connectivity index (χ4v) is 2.65. The van der Waals surface area contributed by atoms with Gasteiger partial charge in [-0.15, -0.1) is 0 Å². The standard InChI is InChI=1S/C20H18ClNO4/c1-24-17-8-4-5-9-18(17)25-11-10-19(23)26-13-15-12-14-6-2-3-7-16(14)22-20(15)21/h2-9,12H,10-11,13H2,1H3. The summed E-state index contributed by atoms with van der Waals surface area (Å²) in [4.78, 5) is 16.2. The Bertz CT molecular complexity index is 913. The van der Waals surface area contributed by atoms with Gasteiger partial charge in [0.25, 0.3) is 0 Å². The lowest BCUT2D eigenvalue weighted by Gasteiger charge is -2.10. The fraction of sp³-hybridized carbons (Fsp3) is 0.200. The molecular weight excluding hydrogens is 354 g/mol. The van der Waals surface area contributed by atoms with Gasteiger partial charge in [0.1, 0.15) is 11.8 Å². The first kappa shape index (κ1) is 18.0. The van der Waals surface area contributed by atoms with Crippen LogP contribution in [0.3, 0.4) is 0 Å². The van der Waals surface area contributed by atoms with Crippen LogP contribution in [0.5, 0.6) is 11.5 Å². The Morgan fingerprint density at radius 3 is 2.62 bits per heavy atom. The summed E-state index contributed by atoms with van der Waals surface area (Å²) in [6.07, 6.45) is 0.122. The highest BCUT2D eigenvalue weighted by Gasteiger charge is 2.10. The van der Waals surface area contributed by atoms with Crippen molar-refractivity contribution < 1.29 is 19.0 Å². The van der Waals surface area contributed by atoms with Crippen molar-refractivity contribution in [1.29, 1.82) is 0 Å². The second kappa shape index (κ2) is 8.54. The number of nitrogens with zero attached hydrogens (tertiary/aromatic N) is 1. The largest absolute Gasteiger partial charge is 0.493 e. The molecule has 2 aromatic carbocycles. The number of esters is 1. The smallest absolute Gasteiger partial charge is 0.309 e. The topological polar surface area (TPSA) is 57.7 Å². The zero-order valence-electron chi connectivity index (χ0n) is 14.3. The number of hydrogen-bond acceptors (Lipinski definition) is 5. The van der Waals surface area contributed by atoms with Crippen molar-refractivity contribution >= 4 is 28.5 Å². The zero-order valence-corrected chi connectivity index (χ0v) is 15.0. The number of methoxy groups -OCH3 is 1. The molecule has 0 saturated carbocycles. The minimum absolute atomic E-state index is 0.0736. The van der Waals surface area contributed by atoms with E-state index in [2.05, 4.69) is 4.98 Å². The molecule has 0 saturated heterocycles. The Hall–Kier alpha value is -2.79. The number of aromatic nitrogens is 1. The summed E-state index contributed by atoms with van der Waals surface area (Å²) in [5.74, 6) is 0.837. The Morgan fingerprint density at radius 2 is 1.81 bits per heavy atom. The van der Waals surface area contributed by atoms with Gasteiger partial charge in [0.15, 0.2) is 11.5 Å². The predicted molar refractivity (Wildman–Crippen MR) is 99.7 cm³/mol. The van der Waals surface area contributed by atoms with Crippen molar-refractivity contribution in [2.75, 3.05) is 13.7 Å². The molecule has 6 heteroatoms. The first-order chi connectivity index (χ1) is 12.7. The van der Waals surface area contributed by atoms with Crippen LogP contribution in [0.2, 0.25) is 5.15 Å². The molecule has 134 valence electrons. The average molecular weight is 372 g/mol. The zero-order chi connectivity index (χ0) is 18.4. The quantitative estimate of drug-likeness (QED) is 0.455. The van der Waals surface area contributed by atoms with E-state index < -0.39 is 0 Å². The predicted octanol–water partition coefficient (Wildman–Crippen LogP) is 4.41. The lowest BCUT2D eigenvalue weighted by atomic mass is 10.2. The Labute approximate surface area is 156 Å². The highest BCUT2D eigenvalue weighted by atomic mass is 35.5. The van der Waals surface area contributed by atoms with Crippen molar-refractivity contribution in [1.82, 2.24) is 4.98 Å². The summed E-state index contributed by atoms with van der Waals surface area (Å²) >= 11 is 6.16. The molecule has 5 nitrogen and oxygen atoms in total. The number of hydrogen-bond donors (Lipinski definition) is 0.